The van der Waals surface area contributed by atoms with E-state index in [4.69, 9.17) is 9.47 Å². The van der Waals surface area contributed by atoms with Crippen LogP contribution < -0.4 is 19.5 Å². The largest absolute Gasteiger partial charge is 0.493 e. The van der Waals surface area contributed by atoms with Crippen LogP contribution >= 0.6 is 11.3 Å². The number of hydrogen-bond acceptors (Lipinski definition) is 6. The zero-order valence-corrected chi connectivity index (χ0v) is 17.3. The molecule has 1 heterocycles. The van der Waals surface area contributed by atoms with Crippen molar-refractivity contribution in [3.05, 3.63) is 41.3 Å². The van der Waals surface area contributed by atoms with Gasteiger partial charge in [-0.05, 0) is 35.1 Å². The van der Waals surface area contributed by atoms with Crippen LogP contribution in [0.1, 0.15) is 19.4 Å². The van der Waals surface area contributed by atoms with Crippen LogP contribution in [0.4, 0.5) is 0 Å². The highest BCUT2D eigenvalue weighted by atomic mass is 32.2. The molecule has 0 saturated carbocycles. The molecule has 0 fully saturated rings. The first kappa shape index (κ1) is 21.2. The topological polar surface area (TPSA) is 93.7 Å². The summed E-state index contributed by atoms with van der Waals surface area (Å²) in [6.45, 7) is 3.82. The molecule has 1 amide bonds. The lowest BCUT2D eigenvalue weighted by molar-refractivity contribution is -0.123. The number of rotatable bonds is 9. The molecule has 1 atom stereocenters. The first-order valence-electron chi connectivity index (χ1n) is 8.33. The van der Waals surface area contributed by atoms with Crippen LogP contribution in [0.25, 0.3) is 0 Å². The Kier molecular flexibility index (Phi) is 7.23. The highest BCUT2D eigenvalue weighted by Gasteiger charge is 2.28. The van der Waals surface area contributed by atoms with Crippen molar-refractivity contribution in [3.8, 4) is 11.5 Å². The molecule has 7 nitrogen and oxygen atoms in total. The van der Waals surface area contributed by atoms with Crippen LogP contribution in [-0.2, 0) is 21.4 Å². The maximum absolute atomic E-state index is 12.6. The van der Waals surface area contributed by atoms with Crippen molar-refractivity contribution in [1.82, 2.24) is 10.0 Å². The van der Waals surface area contributed by atoms with E-state index in [1.165, 1.54) is 13.2 Å². The highest BCUT2D eigenvalue weighted by molar-refractivity contribution is 7.91. The molecule has 0 spiro atoms. The van der Waals surface area contributed by atoms with E-state index < -0.39 is 16.1 Å². The number of carbonyl (C=O) groups is 1. The number of thiophene rings is 1. The molecule has 0 saturated heterocycles. The van der Waals surface area contributed by atoms with E-state index in [9.17, 15) is 13.2 Å². The molecule has 2 aromatic rings. The van der Waals surface area contributed by atoms with Gasteiger partial charge >= 0.3 is 0 Å². The molecule has 0 unspecified atom stereocenters. The van der Waals surface area contributed by atoms with Gasteiger partial charge in [-0.3, -0.25) is 4.79 Å². The number of benzene rings is 1. The quantitative estimate of drug-likeness (QED) is 0.660. The molecule has 2 N–H and O–H groups in total. The average molecular weight is 413 g/mol. The van der Waals surface area contributed by atoms with Crippen LogP contribution in [0.15, 0.2) is 39.9 Å². The van der Waals surface area contributed by atoms with Crippen molar-refractivity contribution in [1.29, 1.82) is 0 Å². The van der Waals surface area contributed by atoms with Crippen LogP contribution in [0.2, 0.25) is 0 Å². The summed E-state index contributed by atoms with van der Waals surface area (Å²) in [5.41, 5.74) is 0.810. The van der Waals surface area contributed by atoms with Gasteiger partial charge in [-0.2, -0.15) is 4.72 Å². The number of sulfonamides is 1. The van der Waals surface area contributed by atoms with Gasteiger partial charge in [0.05, 0.1) is 14.2 Å². The van der Waals surface area contributed by atoms with E-state index in [0.717, 1.165) is 16.9 Å². The van der Waals surface area contributed by atoms with Crippen molar-refractivity contribution in [2.24, 2.45) is 5.92 Å². The Morgan fingerprint density at radius 2 is 1.85 bits per heavy atom. The zero-order chi connectivity index (χ0) is 20.0. The van der Waals surface area contributed by atoms with Crippen molar-refractivity contribution < 1.29 is 22.7 Å². The van der Waals surface area contributed by atoms with Gasteiger partial charge in [0.2, 0.25) is 5.91 Å². The number of ether oxygens (including phenoxy) is 2. The fourth-order valence-corrected chi connectivity index (χ4v) is 4.78. The van der Waals surface area contributed by atoms with Gasteiger partial charge in [-0.25, -0.2) is 8.42 Å². The second-order valence-corrected chi connectivity index (χ2v) is 9.07. The minimum Gasteiger partial charge on any atom is -0.493 e. The molecular weight excluding hydrogens is 388 g/mol. The van der Waals surface area contributed by atoms with Gasteiger partial charge in [0.1, 0.15) is 10.3 Å². The fraction of sp³-hybridized carbons (Fsp3) is 0.389. The first-order valence-corrected chi connectivity index (χ1v) is 10.7. The SMILES string of the molecule is COc1ccc(CNC(=O)[C@@H](NS(=O)(=O)c2cccs2)C(C)C)cc1OC. The van der Waals surface area contributed by atoms with Crippen molar-refractivity contribution in [2.45, 2.75) is 30.6 Å². The van der Waals surface area contributed by atoms with Gasteiger partial charge < -0.3 is 14.8 Å². The third-order valence-corrected chi connectivity index (χ3v) is 6.74. The summed E-state index contributed by atoms with van der Waals surface area (Å²) >= 11 is 1.11. The van der Waals surface area contributed by atoms with Crippen molar-refractivity contribution in [3.63, 3.8) is 0 Å². The van der Waals surface area contributed by atoms with Crippen LogP contribution in [0.5, 0.6) is 11.5 Å². The van der Waals surface area contributed by atoms with Gasteiger partial charge in [0.25, 0.3) is 10.0 Å². The molecule has 0 aliphatic carbocycles. The molecule has 0 radical (unpaired) electrons. The second kappa shape index (κ2) is 9.20. The number of hydrogen-bond donors (Lipinski definition) is 2. The smallest absolute Gasteiger partial charge is 0.250 e. The van der Waals surface area contributed by atoms with E-state index in [2.05, 4.69) is 10.0 Å². The van der Waals surface area contributed by atoms with E-state index in [0.29, 0.717) is 11.5 Å². The minimum atomic E-state index is -3.74. The molecule has 9 heteroatoms. The fourth-order valence-electron chi connectivity index (χ4n) is 2.42. The van der Waals surface area contributed by atoms with Crippen molar-refractivity contribution in [2.75, 3.05) is 14.2 Å². The maximum atomic E-state index is 12.6. The highest BCUT2D eigenvalue weighted by Crippen LogP contribution is 2.27. The lowest BCUT2D eigenvalue weighted by Gasteiger charge is -2.21. The number of nitrogens with one attached hydrogen (secondary N) is 2. The van der Waals surface area contributed by atoms with E-state index in [-0.39, 0.29) is 22.6 Å². The third-order valence-electron chi connectivity index (χ3n) is 3.91. The predicted molar refractivity (Wildman–Crippen MR) is 105 cm³/mol. The normalized spacial score (nSPS) is 12.6. The molecule has 1 aromatic heterocycles. The summed E-state index contributed by atoms with van der Waals surface area (Å²) in [6.07, 6.45) is 0. The van der Waals surface area contributed by atoms with E-state index >= 15 is 0 Å². The summed E-state index contributed by atoms with van der Waals surface area (Å²) in [4.78, 5) is 12.6. The Hall–Kier alpha value is -2.10. The van der Waals surface area contributed by atoms with E-state index in [1.54, 1.807) is 44.5 Å². The summed E-state index contributed by atoms with van der Waals surface area (Å²) in [7, 11) is -0.654. The van der Waals surface area contributed by atoms with Crippen LogP contribution in [0, 0.1) is 5.92 Å². The number of amides is 1. The molecule has 27 heavy (non-hydrogen) atoms. The zero-order valence-electron chi connectivity index (χ0n) is 15.7. The van der Waals surface area contributed by atoms with Crippen LogP contribution in [-0.4, -0.2) is 34.6 Å². The summed E-state index contributed by atoms with van der Waals surface area (Å²) in [5.74, 6) is 0.546. The molecular formula is C18H24N2O5S2. The Morgan fingerprint density at radius 1 is 1.15 bits per heavy atom. The van der Waals surface area contributed by atoms with Crippen LogP contribution in [0.3, 0.4) is 0 Å². The van der Waals surface area contributed by atoms with Gasteiger partial charge in [0, 0.05) is 6.54 Å². The molecule has 0 aliphatic heterocycles. The minimum absolute atomic E-state index is 0.181. The predicted octanol–water partition coefficient (Wildman–Crippen LogP) is 2.38. The standard InChI is InChI=1S/C18H24N2O5S2/c1-12(2)17(20-27(22,23)16-6-5-9-26-16)18(21)19-11-13-7-8-14(24-3)15(10-13)25-4/h5-10,12,17,20H,11H2,1-4H3,(H,19,21)/t17-/m0/s1. The lowest BCUT2D eigenvalue weighted by atomic mass is 10.0. The van der Waals surface area contributed by atoms with Gasteiger partial charge in [0.15, 0.2) is 11.5 Å². The monoisotopic (exact) mass is 412 g/mol. The Labute approximate surface area is 163 Å². The van der Waals surface area contributed by atoms with Gasteiger partial charge in [-0.1, -0.05) is 26.0 Å². The molecule has 148 valence electrons. The second-order valence-electron chi connectivity index (χ2n) is 6.18. The van der Waals surface area contributed by atoms with Crippen molar-refractivity contribution >= 4 is 27.3 Å². The Morgan fingerprint density at radius 3 is 2.41 bits per heavy atom. The number of methoxy groups -OCH3 is 2. The molecule has 0 bridgehead atoms. The lowest BCUT2D eigenvalue weighted by Crippen LogP contribution is -2.49. The first-order chi connectivity index (χ1) is 12.8. The van der Waals surface area contributed by atoms with E-state index in [1.807, 2.05) is 6.07 Å². The average Bonchev–Trinajstić information content (AvgIpc) is 3.19. The Bertz CT molecular complexity index is 864. The molecule has 1 aromatic carbocycles. The maximum Gasteiger partial charge on any atom is 0.250 e. The summed E-state index contributed by atoms with van der Waals surface area (Å²) in [6, 6.07) is 7.60. The Balaban J connectivity index is 2.07. The third kappa shape index (κ3) is 5.44. The summed E-state index contributed by atoms with van der Waals surface area (Å²) < 4.78 is 38.0. The van der Waals surface area contributed by atoms with Gasteiger partial charge in [-0.15, -0.1) is 11.3 Å². The summed E-state index contributed by atoms with van der Waals surface area (Å²) in [5, 5.41) is 4.45. The number of carbonyl (C=O) groups excluding carboxylic acids is 1. The molecule has 0 aliphatic rings. The molecule has 2 rings (SSSR count).